The van der Waals surface area contributed by atoms with Gasteiger partial charge in [-0.1, -0.05) is 29.4 Å². The topological polar surface area (TPSA) is 76.0 Å². The molecule has 2 aromatic carbocycles. The van der Waals surface area contributed by atoms with Gasteiger partial charge in [0.1, 0.15) is 0 Å². The van der Waals surface area contributed by atoms with Gasteiger partial charge in [-0.2, -0.15) is 0 Å². The molecule has 0 spiro atoms. The van der Waals surface area contributed by atoms with Crippen molar-refractivity contribution in [3.63, 3.8) is 0 Å². The van der Waals surface area contributed by atoms with Crippen LogP contribution in [0.15, 0.2) is 53.9 Å². The molecule has 11 heteroatoms. The molecule has 156 valence electrons. The number of carbonyl (C=O) groups excluding carboxylic acids is 2. The molecular weight excluding hydrogens is 441 g/mol. The monoisotopic (exact) mass is 454 g/mol. The third kappa shape index (κ3) is 5.33. The standard InChI is InChI=1S/C19H14ClF3N4O2S/c20-11-2-1-3-12(8-11)27-7-6-24-19(27)30-10-16(29)25-9-15(28)26-14-5-4-13(21)17(22)18(14)23/h1-8H,9-10H2,(H,25,29)(H,26,28). The van der Waals surface area contributed by atoms with Crippen LogP contribution in [0.2, 0.25) is 5.02 Å². The van der Waals surface area contributed by atoms with Crippen molar-refractivity contribution in [1.29, 1.82) is 0 Å². The number of carbonyl (C=O) groups is 2. The van der Waals surface area contributed by atoms with Gasteiger partial charge in [-0.05, 0) is 30.3 Å². The summed E-state index contributed by atoms with van der Waals surface area (Å²) in [5.74, 6) is -5.88. The second kappa shape index (κ2) is 9.68. The summed E-state index contributed by atoms with van der Waals surface area (Å²) in [6.45, 7) is -0.472. The maximum absolute atomic E-state index is 13.6. The maximum atomic E-state index is 13.6. The van der Waals surface area contributed by atoms with Crippen LogP contribution in [0.4, 0.5) is 18.9 Å². The maximum Gasteiger partial charge on any atom is 0.243 e. The zero-order chi connectivity index (χ0) is 21.7. The second-order valence-electron chi connectivity index (χ2n) is 5.90. The Labute approximate surface area is 178 Å². The lowest BCUT2D eigenvalue weighted by Gasteiger charge is -2.09. The number of hydrogen-bond acceptors (Lipinski definition) is 4. The molecule has 1 heterocycles. The number of aromatic nitrogens is 2. The van der Waals surface area contributed by atoms with Crippen LogP contribution >= 0.6 is 23.4 Å². The van der Waals surface area contributed by atoms with Gasteiger partial charge in [0, 0.05) is 23.1 Å². The van der Waals surface area contributed by atoms with Crippen molar-refractivity contribution in [1.82, 2.24) is 14.9 Å². The van der Waals surface area contributed by atoms with Gasteiger partial charge >= 0.3 is 0 Å². The molecule has 0 fully saturated rings. The third-order valence-corrected chi connectivity index (χ3v) is 4.98. The lowest BCUT2D eigenvalue weighted by Crippen LogP contribution is -2.34. The number of rotatable bonds is 7. The Morgan fingerprint density at radius 2 is 1.90 bits per heavy atom. The van der Waals surface area contributed by atoms with E-state index in [-0.39, 0.29) is 5.75 Å². The molecule has 0 aliphatic rings. The summed E-state index contributed by atoms with van der Waals surface area (Å²) in [7, 11) is 0. The summed E-state index contributed by atoms with van der Waals surface area (Å²) in [5, 5.41) is 5.52. The molecule has 0 saturated carbocycles. The number of anilines is 1. The van der Waals surface area contributed by atoms with E-state index in [2.05, 4.69) is 15.6 Å². The number of benzene rings is 2. The molecule has 0 aliphatic heterocycles. The molecule has 0 unspecified atom stereocenters. The van der Waals surface area contributed by atoms with Gasteiger partial charge in [-0.15, -0.1) is 0 Å². The van der Waals surface area contributed by atoms with E-state index >= 15 is 0 Å². The molecule has 0 radical (unpaired) electrons. The van der Waals surface area contributed by atoms with E-state index in [1.807, 2.05) is 6.07 Å². The van der Waals surface area contributed by atoms with Crippen LogP contribution in [0.1, 0.15) is 0 Å². The van der Waals surface area contributed by atoms with Gasteiger partial charge in [0.2, 0.25) is 11.8 Å². The molecule has 0 atom stereocenters. The highest BCUT2D eigenvalue weighted by Gasteiger charge is 2.16. The number of nitrogens with zero attached hydrogens (tertiary/aromatic N) is 2. The smallest absolute Gasteiger partial charge is 0.243 e. The van der Waals surface area contributed by atoms with E-state index < -0.39 is 41.5 Å². The fourth-order valence-corrected chi connectivity index (χ4v) is 3.38. The summed E-state index contributed by atoms with van der Waals surface area (Å²) in [5.41, 5.74) is 0.252. The van der Waals surface area contributed by atoms with Crippen LogP contribution in [0.25, 0.3) is 5.69 Å². The Kier molecular flexibility index (Phi) is 7.01. The summed E-state index contributed by atoms with van der Waals surface area (Å²) < 4.78 is 41.4. The Morgan fingerprint density at radius 3 is 2.67 bits per heavy atom. The van der Waals surface area contributed by atoms with Crippen LogP contribution in [-0.2, 0) is 9.59 Å². The Morgan fingerprint density at radius 1 is 1.10 bits per heavy atom. The van der Waals surface area contributed by atoms with Crippen molar-refractivity contribution in [2.24, 2.45) is 0 Å². The Bertz CT molecular complexity index is 1090. The quantitative estimate of drug-likeness (QED) is 0.421. The van der Waals surface area contributed by atoms with Crippen molar-refractivity contribution in [3.05, 3.63) is 71.3 Å². The molecule has 2 amide bonds. The second-order valence-corrected chi connectivity index (χ2v) is 7.28. The molecule has 6 nitrogen and oxygen atoms in total. The van der Waals surface area contributed by atoms with Crippen LogP contribution in [0.5, 0.6) is 0 Å². The summed E-state index contributed by atoms with van der Waals surface area (Å²) in [6.07, 6.45) is 3.29. The van der Waals surface area contributed by atoms with Crippen LogP contribution in [0, 0.1) is 17.5 Å². The van der Waals surface area contributed by atoms with Gasteiger partial charge in [0.25, 0.3) is 0 Å². The largest absolute Gasteiger partial charge is 0.346 e. The van der Waals surface area contributed by atoms with E-state index in [4.69, 9.17) is 11.6 Å². The zero-order valence-corrected chi connectivity index (χ0v) is 16.7. The number of hydrogen-bond donors (Lipinski definition) is 2. The highest BCUT2D eigenvalue weighted by atomic mass is 35.5. The number of thioether (sulfide) groups is 1. The molecule has 2 N–H and O–H groups in total. The predicted molar refractivity (Wildman–Crippen MR) is 107 cm³/mol. The highest BCUT2D eigenvalue weighted by Crippen LogP contribution is 2.22. The van der Waals surface area contributed by atoms with Gasteiger partial charge in [-0.3, -0.25) is 14.2 Å². The van der Waals surface area contributed by atoms with E-state index in [0.717, 1.165) is 23.5 Å². The molecule has 3 aromatic rings. The first-order valence-corrected chi connectivity index (χ1v) is 9.83. The first kappa shape index (κ1) is 21.7. The first-order chi connectivity index (χ1) is 14.3. The molecular formula is C19H14ClF3N4O2S. The minimum absolute atomic E-state index is 0.0373. The van der Waals surface area contributed by atoms with Crippen molar-refractivity contribution in [2.75, 3.05) is 17.6 Å². The van der Waals surface area contributed by atoms with E-state index in [0.29, 0.717) is 16.2 Å². The van der Waals surface area contributed by atoms with Crippen LogP contribution in [0.3, 0.4) is 0 Å². The van der Waals surface area contributed by atoms with Gasteiger partial charge < -0.3 is 10.6 Å². The van der Waals surface area contributed by atoms with Crippen molar-refractivity contribution >= 4 is 40.9 Å². The first-order valence-electron chi connectivity index (χ1n) is 8.47. The van der Waals surface area contributed by atoms with E-state index in [1.165, 1.54) is 0 Å². The Hall–Kier alpha value is -2.98. The van der Waals surface area contributed by atoms with Crippen molar-refractivity contribution < 1.29 is 22.8 Å². The highest BCUT2D eigenvalue weighted by molar-refractivity contribution is 7.99. The van der Waals surface area contributed by atoms with Gasteiger partial charge in [-0.25, -0.2) is 18.2 Å². The van der Waals surface area contributed by atoms with Crippen LogP contribution < -0.4 is 10.6 Å². The normalized spacial score (nSPS) is 10.7. The molecule has 0 saturated heterocycles. The predicted octanol–water partition coefficient (Wildman–Crippen LogP) is 3.79. The van der Waals surface area contributed by atoms with Crippen molar-refractivity contribution in [3.8, 4) is 5.69 Å². The summed E-state index contributed by atoms with van der Waals surface area (Å²) in [6, 6.07) is 8.67. The van der Waals surface area contributed by atoms with E-state index in [9.17, 15) is 22.8 Å². The number of imidazole rings is 1. The Balaban J connectivity index is 1.51. The lowest BCUT2D eigenvalue weighted by atomic mass is 10.2. The SMILES string of the molecule is O=C(CSc1nccn1-c1cccc(Cl)c1)NCC(=O)Nc1ccc(F)c(F)c1F. The number of amides is 2. The molecule has 30 heavy (non-hydrogen) atoms. The van der Waals surface area contributed by atoms with E-state index in [1.54, 1.807) is 35.2 Å². The molecule has 0 bridgehead atoms. The van der Waals surface area contributed by atoms with Crippen LogP contribution in [-0.4, -0.2) is 33.7 Å². The molecule has 1 aromatic heterocycles. The lowest BCUT2D eigenvalue weighted by molar-refractivity contribution is -0.122. The minimum atomic E-state index is -1.69. The zero-order valence-electron chi connectivity index (χ0n) is 15.2. The summed E-state index contributed by atoms with van der Waals surface area (Å²) >= 11 is 7.13. The molecule has 3 rings (SSSR count). The fraction of sp³-hybridized carbons (Fsp3) is 0.105. The average molecular weight is 455 g/mol. The van der Waals surface area contributed by atoms with Gasteiger partial charge in [0.15, 0.2) is 22.6 Å². The average Bonchev–Trinajstić information content (AvgIpc) is 3.20. The summed E-state index contributed by atoms with van der Waals surface area (Å²) in [4.78, 5) is 28.0. The minimum Gasteiger partial charge on any atom is -0.346 e. The number of halogens is 4. The number of nitrogens with one attached hydrogen (secondary N) is 2. The molecule has 0 aliphatic carbocycles. The fourth-order valence-electron chi connectivity index (χ4n) is 2.40. The van der Waals surface area contributed by atoms with Gasteiger partial charge in [0.05, 0.1) is 18.0 Å². The third-order valence-electron chi connectivity index (χ3n) is 3.78. The van der Waals surface area contributed by atoms with Crippen molar-refractivity contribution in [2.45, 2.75) is 5.16 Å².